The molecule has 3 nitrogen and oxygen atoms in total. The molecule has 1 aromatic carbocycles. The molecular weight excluding hydrogens is 262 g/mol. The third kappa shape index (κ3) is 3.71. The first-order valence-electron chi connectivity index (χ1n) is 6.55. The molecule has 19 heavy (non-hydrogen) atoms. The molecule has 0 aliphatic carbocycles. The normalized spacial score (nSPS) is 14.2. The molecule has 0 aliphatic rings. The molecule has 1 aromatic rings. The van der Waals surface area contributed by atoms with E-state index in [0.717, 1.165) is 12.1 Å². The van der Waals surface area contributed by atoms with E-state index in [9.17, 15) is 4.79 Å². The fraction of sp³-hybridized carbons (Fsp3) is 0.533. The minimum Gasteiger partial charge on any atom is -0.467 e. The highest BCUT2D eigenvalue weighted by Gasteiger charge is 2.39. The Kier molecular flexibility index (Phi) is 5.83. The molecule has 0 aromatic heterocycles. The van der Waals surface area contributed by atoms with Crippen molar-refractivity contribution in [2.75, 3.05) is 13.7 Å². The number of nitrogens with one attached hydrogen (secondary N) is 1. The smallest absolute Gasteiger partial charge is 0.330 e. The number of carbonyl (C=O) groups excluding carboxylic acids is 1. The Morgan fingerprint density at radius 1 is 1.37 bits per heavy atom. The summed E-state index contributed by atoms with van der Waals surface area (Å²) in [5, 5.41) is 4.01. The Labute approximate surface area is 120 Å². The number of rotatable bonds is 6. The Balaban J connectivity index is 3.15. The van der Waals surface area contributed by atoms with Gasteiger partial charge in [0, 0.05) is 5.02 Å². The molecular formula is C15H22ClNO2. The van der Waals surface area contributed by atoms with E-state index >= 15 is 0 Å². The zero-order valence-electron chi connectivity index (χ0n) is 12.0. The van der Waals surface area contributed by atoms with E-state index in [4.69, 9.17) is 16.3 Å². The summed E-state index contributed by atoms with van der Waals surface area (Å²) >= 11 is 5.91. The van der Waals surface area contributed by atoms with Crippen LogP contribution in [-0.4, -0.2) is 19.6 Å². The van der Waals surface area contributed by atoms with Gasteiger partial charge < -0.3 is 4.74 Å². The predicted molar refractivity (Wildman–Crippen MR) is 78.3 cm³/mol. The molecule has 0 fully saturated rings. The van der Waals surface area contributed by atoms with Crippen LogP contribution in [0.5, 0.6) is 0 Å². The van der Waals surface area contributed by atoms with Crippen molar-refractivity contribution in [1.82, 2.24) is 5.32 Å². The van der Waals surface area contributed by atoms with Crippen LogP contribution < -0.4 is 5.32 Å². The quantitative estimate of drug-likeness (QED) is 0.814. The number of hydrogen-bond acceptors (Lipinski definition) is 3. The second-order valence-electron chi connectivity index (χ2n) is 5.03. The summed E-state index contributed by atoms with van der Waals surface area (Å²) < 4.78 is 4.99. The van der Waals surface area contributed by atoms with E-state index in [1.807, 2.05) is 19.1 Å². The van der Waals surface area contributed by atoms with Crippen LogP contribution in [0.2, 0.25) is 5.02 Å². The summed E-state index contributed by atoms with van der Waals surface area (Å²) in [6, 6.07) is 7.33. The van der Waals surface area contributed by atoms with Gasteiger partial charge in [0.05, 0.1) is 7.11 Å². The zero-order chi connectivity index (χ0) is 14.5. The van der Waals surface area contributed by atoms with Crippen molar-refractivity contribution in [1.29, 1.82) is 0 Å². The number of esters is 1. The number of carbonyl (C=O) groups is 1. The molecule has 0 spiro atoms. The SMILES string of the molecule is CCC(NCC(C)C)(C(=O)OC)c1ccc(Cl)cc1. The Bertz CT molecular complexity index is 417. The largest absolute Gasteiger partial charge is 0.467 e. The van der Waals surface area contributed by atoms with Gasteiger partial charge in [0.15, 0.2) is 0 Å². The van der Waals surface area contributed by atoms with E-state index in [1.54, 1.807) is 12.1 Å². The van der Waals surface area contributed by atoms with Gasteiger partial charge in [0.25, 0.3) is 0 Å². The third-order valence-corrected chi connectivity index (χ3v) is 3.47. The minimum absolute atomic E-state index is 0.266. The molecule has 1 unspecified atom stereocenters. The summed E-state index contributed by atoms with van der Waals surface area (Å²) in [5.74, 6) is 0.181. The van der Waals surface area contributed by atoms with Crippen LogP contribution >= 0.6 is 11.6 Å². The molecule has 0 radical (unpaired) electrons. The average Bonchev–Trinajstić information content (AvgIpc) is 2.41. The lowest BCUT2D eigenvalue weighted by molar-refractivity contribution is -0.149. The molecule has 1 atom stereocenters. The fourth-order valence-electron chi connectivity index (χ4n) is 2.05. The van der Waals surface area contributed by atoms with Crippen LogP contribution in [-0.2, 0) is 15.1 Å². The van der Waals surface area contributed by atoms with Crippen molar-refractivity contribution in [3.05, 3.63) is 34.9 Å². The molecule has 0 heterocycles. The first-order chi connectivity index (χ1) is 8.96. The monoisotopic (exact) mass is 283 g/mol. The maximum atomic E-state index is 12.2. The molecule has 1 rings (SSSR count). The van der Waals surface area contributed by atoms with Gasteiger partial charge >= 0.3 is 5.97 Å². The molecule has 0 saturated carbocycles. The van der Waals surface area contributed by atoms with Gasteiger partial charge in [0.2, 0.25) is 0 Å². The number of halogens is 1. The second kappa shape index (κ2) is 6.92. The van der Waals surface area contributed by atoms with Gasteiger partial charge in [-0.1, -0.05) is 44.5 Å². The maximum absolute atomic E-state index is 12.2. The van der Waals surface area contributed by atoms with Gasteiger partial charge in [-0.3, -0.25) is 5.32 Å². The van der Waals surface area contributed by atoms with E-state index in [2.05, 4.69) is 19.2 Å². The molecule has 0 amide bonds. The minimum atomic E-state index is -0.802. The Morgan fingerprint density at radius 2 is 1.95 bits per heavy atom. The summed E-state index contributed by atoms with van der Waals surface area (Å²) in [5.41, 5.74) is 0.0794. The Hall–Kier alpha value is -1.06. The molecule has 106 valence electrons. The molecule has 0 aliphatic heterocycles. The lowest BCUT2D eigenvalue weighted by Gasteiger charge is -2.32. The fourth-order valence-corrected chi connectivity index (χ4v) is 2.18. The highest BCUT2D eigenvalue weighted by atomic mass is 35.5. The molecule has 1 N–H and O–H groups in total. The van der Waals surface area contributed by atoms with Crippen molar-refractivity contribution in [2.24, 2.45) is 5.92 Å². The van der Waals surface area contributed by atoms with Gasteiger partial charge in [-0.25, -0.2) is 4.79 Å². The standard InChI is InChI=1S/C15H22ClNO2/c1-5-15(14(18)19-4,17-10-11(2)3)12-6-8-13(16)9-7-12/h6-9,11,17H,5,10H2,1-4H3. The van der Waals surface area contributed by atoms with Crippen LogP contribution in [0.15, 0.2) is 24.3 Å². The third-order valence-electron chi connectivity index (χ3n) is 3.21. The first kappa shape index (κ1) is 16.0. The second-order valence-corrected chi connectivity index (χ2v) is 5.47. The van der Waals surface area contributed by atoms with Crippen molar-refractivity contribution in [3.8, 4) is 0 Å². The van der Waals surface area contributed by atoms with E-state index in [1.165, 1.54) is 7.11 Å². The van der Waals surface area contributed by atoms with Crippen LogP contribution in [0.4, 0.5) is 0 Å². The van der Waals surface area contributed by atoms with Crippen molar-refractivity contribution in [2.45, 2.75) is 32.7 Å². The summed E-state index contributed by atoms with van der Waals surface area (Å²) in [4.78, 5) is 12.2. The highest BCUT2D eigenvalue weighted by Crippen LogP contribution is 2.28. The lowest BCUT2D eigenvalue weighted by atomic mass is 9.86. The van der Waals surface area contributed by atoms with Crippen molar-refractivity contribution < 1.29 is 9.53 Å². The van der Waals surface area contributed by atoms with Crippen molar-refractivity contribution >= 4 is 17.6 Å². The van der Waals surface area contributed by atoms with Gasteiger partial charge in [-0.2, -0.15) is 0 Å². The van der Waals surface area contributed by atoms with E-state index < -0.39 is 5.54 Å². The van der Waals surface area contributed by atoms with Crippen LogP contribution in [0.25, 0.3) is 0 Å². The topological polar surface area (TPSA) is 38.3 Å². The van der Waals surface area contributed by atoms with Crippen LogP contribution in [0.3, 0.4) is 0 Å². The van der Waals surface area contributed by atoms with E-state index in [0.29, 0.717) is 17.4 Å². The van der Waals surface area contributed by atoms with Gasteiger partial charge in [0.1, 0.15) is 5.54 Å². The Morgan fingerprint density at radius 3 is 2.37 bits per heavy atom. The molecule has 4 heteroatoms. The summed E-state index contributed by atoms with van der Waals surface area (Å²) in [6.45, 7) is 6.92. The lowest BCUT2D eigenvalue weighted by Crippen LogP contribution is -2.50. The summed E-state index contributed by atoms with van der Waals surface area (Å²) in [7, 11) is 1.42. The van der Waals surface area contributed by atoms with Crippen LogP contribution in [0, 0.1) is 5.92 Å². The van der Waals surface area contributed by atoms with Crippen LogP contribution in [0.1, 0.15) is 32.8 Å². The first-order valence-corrected chi connectivity index (χ1v) is 6.93. The van der Waals surface area contributed by atoms with Gasteiger partial charge in [-0.15, -0.1) is 0 Å². The molecule has 0 bridgehead atoms. The van der Waals surface area contributed by atoms with Gasteiger partial charge in [-0.05, 0) is 36.6 Å². The number of benzene rings is 1. The summed E-state index contributed by atoms with van der Waals surface area (Å²) in [6.07, 6.45) is 0.619. The number of ether oxygens (including phenoxy) is 1. The molecule has 0 saturated heterocycles. The average molecular weight is 284 g/mol. The van der Waals surface area contributed by atoms with E-state index in [-0.39, 0.29) is 5.97 Å². The zero-order valence-corrected chi connectivity index (χ0v) is 12.8. The maximum Gasteiger partial charge on any atom is 0.330 e. The highest BCUT2D eigenvalue weighted by molar-refractivity contribution is 6.30. The number of hydrogen-bond donors (Lipinski definition) is 1. The number of methoxy groups -OCH3 is 1. The predicted octanol–water partition coefficient (Wildman–Crippen LogP) is 3.36. The van der Waals surface area contributed by atoms with Crippen molar-refractivity contribution in [3.63, 3.8) is 0 Å².